The maximum absolute atomic E-state index is 12.4. The van der Waals surface area contributed by atoms with E-state index in [1.165, 1.54) is 12.1 Å². The van der Waals surface area contributed by atoms with E-state index in [1.807, 2.05) is 42.7 Å². The second-order valence-electron chi connectivity index (χ2n) is 8.67. The Balaban J connectivity index is 0.000000564. The zero-order valence-electron chi connectivity index (χ0n) is 20.7. The molecule has 0 saturated heterocycles. The number of carbonyl (C=O) groups excluding carboxylic acids is 1. The van der Waals surface area contributed by atoms with Gasteiger partial charge in [-0.25, -0.2) is 0 Å². The number of hydrogen-bond acceptors (Lipinski definition) is 3. The highest BCUT2D eigenvalue weighted by molar-refractivity contribution is 6.04. The largest absolute Gasteiger partial charge is 0.454 e. The van der Waals surface area contributed by atoms with Crippen LogP contribution >= 0.6 is 0 Å². The van der Waals surface area contributed by atoms with Crippen molar-refractivity contribution in [1.29, 1.82) is 0 Å². The standard InChI is InChI=1S/C24H17NO3.C4H10.C2H6.H2/c1-2-21(26)19-14-25-11-10-18-17-9-8-16(15-6-4-3-5-7-15)12-23(17)28-24(18)20(25)13-22(19)27;1-4(2)3;1-2;/h2-9,12-14H,1,10-11H2;4H,1-3H3;1-2H3;1H. The molecule has 5 rings (SSSR count). The van der Waals surface area contributed by atoms with E-state index >= 15 is 0 Å². The predicted octanol–water partition coefficient (Wildman–Crippen LogP) is 7.79. The monoisotopic (exact) mass is 457 g/mol. The van der Waals surface area contributed by atoms with Crippen LogP contribution in [0.3, 0.4) is 0 Å². The lowest BCUT2D eigenvalue weighted by molar-refractivity contribution is 0.104. The summed E-state index contributed by atoms with van der Waals surface area (Å²) in [7, 11) is 0. The van der Waals surface area contributed by atoms with Crippen LogP contribution in [0.2, 0.25) is 0 Å². The zero-order valence-corrected chi connectivity index (χ0v) is 20.7. The van der Waals surface area contributed by atoms with Gasteiger partial charge in [-0.15, -0.1) is 0 Å². The number of rotatable bonds is 3. The highest BCUT2D eigenvalue weighted by atomic mass is 16.3. The van der Waals surface area contributed by atoms with Crippen LogP contribution in [0.4, 0.5) is 0 Å². The van der Waals surface area contributed by atoms with Crippen LogP contribution in [0, 0.1) is 5.92 Å². The molecule has 0 radical (unpaired) electrons. The molecule has 0 amide bonds. The summed E-state index contributed by atoms with van der Waals surface area (Å²) in [6.45, 7) is 14.7. The molecular weight excluding hydrogens is 422 g/mol. The third-order valence-electron chi connectivity index (χ3n) is 5.31. The molecular formula is C30H35NO3. The average Bonchev–Trinajstić information content (AvgIpc) is 3.23. The van der Waals surface area contributed by atoms with Crippen LogP contribution < -0.4 is 5.43 Å². The quantitative estimate of drug-likeness (QED) is 0.233. The van der Waals surface area contributed by atoms with E-state index in [1.54, 1.807) is 6.20 Å². The molecule has 178 valence electrons. The van der Waals surface area contributed by atoms with Gasteiger partial charge in [0, 0.05) is 31.2 Å². The summed E-state index contributed by atoms with van der Waals surface area (Å²) in [5.41, 5.74) is 4.67. The van der Waals surface area contributed by atoms with E-state index < -0.39 is 0 Å². The lowest BCUT2D eigenvalue weighted by Crippen LogP contribution is -2.20. The minimum atomic E-state index is -0.358. The van der Waals surface area contributed by atoms with Crippen LogP contribution in [-0.4, -0.2) is 10.4 Å². The summed E-state index contributed by atoms with van der Waals surface area (Å²) in [6.07, 6.45) is 3.57. The minimum absolute atomic E-state index is 0. The lowest BCUT2D eigenvalue weighted by atomic mass is 9.99. The summed E-state index contributed by atoms with van der Waals surface area (Å²) >= 11 is 0. The second-order valence-corrected chi connectivity index (χ2v) is 8.67. The molecule has 4 aromatic rings. The molecule has 1 aliphatic rings. The van der Waals surface area contributed by atoms with Gasteiger partial charge in [-0.3, -0.25) is 9.59 Å². The third kappa shape index (κ3) is 5.12. The maximum Gasteiger partial charge on any atom is 0.193 e. The van der Waals surface area contributed by atoms with E-state index in [9.17, 15) is 9.59 Å². The fourth-order valence-electron chi connectivity index (χ4n) is 3.90. The van der Waals surface area contributed by atoms with Gasteiger partial charge in [0.25, 0.3) is 0 Å². The van der Waals surface area contributed by atoms with Crippen molar-refractivity contribution in [2.24, 2.45) is 5.92 Å². The first-order valence-corrected chi connectivity index (χ1v) is 11.9. The van der Waals surface area contributed by atoms with Crippen LogP contribution in [0.1, 0.15) is 52.0 Å². The number of carbonyl (C=O) groups is 1. The lowest BCUT2D eigenvalue weighted by Gasteiger charge is -2.18. The number of ketones is 1. The first-order chi connectivity index (χ1) is 16.4. The number of allylic oxidation sites excluding steroid dienone is 1. The molecule has 2 aromatic carbocycles. The Hall–Kier alpha value is -3.66. The van der Waals surface area contributed by atoms with E-state index in [0.29, 0.717) is 18.0 Å². The van der Waals surface area contributed by atoms with Crippen LogP contribution in [0.25, 0.3) is 33.6 Å². The molecule has 4 heteroatoms. The first-order valence-electron chi connectivity index (χ1n) is 11.9. The Kier molecular flexibility index (Phi) is 8.06. The van der Waals surface area contributed by atoms with Gasteiger partial charge in [-0.1, -0.05) is 83.7 Å². The van der Waals surface area contributed by atoms with Gasteiger partial charge in [0.05, 0.1) is 11.3 Å². The highest BCUT2D eigenvalue weighted by Gasteiger charge is 2.24. The molecule has 34 heavy (non-hydrogen) atoms. The van der Waals surface area contributed by atoms with Crippen LogP contribution in [0.15, 0.2) is 82.7 Å². The fraction of sp³-hybridized carbons (Fsp3) is 0.267. The SMILES string of the molecule is C=CC(=O)c1cn2c(cc1=O)-c1oc3cc(-c4ccccc4)ccc3c1CC2.CC.CC(C)C.[HH]. The number of aryl methyl sites for hydroxylation is 2. The number of hydrogen-bond donors (Lipinski definition) is 0. The van der Waals surface area contributed by atoms with Gasteiger partial charge in [-0.2, -0.15) is 0 Å². The summed E-state index contributed by atoms with van der Waals surface area (Å²) in [4.78, 5) is 24.4. The summed E-state index contributed by atoms with van der Waals surface area (Å²) < 4.78 is 8.11. The molecule has 0 fully saturated rings. The van der Waals surface area contributed by atoms with Gasteiger partial charge in [-0.05, 0) is 35.6 Å². The molecule has 0 bridgehead atoms. The van der Waals surface area contributed by atoms with Gasteiger partial charge in [0.15, 0.2) is 17.0 Å². The number of nitrogens with zero attached hydrogens (tertiary/aromatic N) is 1. The fourth-order valence-corrected chi connectivity index (χ4v) is 3.90. The van der Waals surface area contributed by atoms with Crippen molar-refractivity contribution in [1.82, 2.24) is 4.57 Å². The van der Waals surface area contributed by atoms with Crippen molar-refractivity contribution in [3.8, 4) is 22.6 Å². The Labute approximate surface area is 203 Å². The molecule has 4 nitrogen and oxygen atoms in total. The van der Waals surface area contributed by atoms with Gasteiger partial charge in [0.1, 0.15) is 5.58 Å². The van der Waals surface area contributed by atoms with Crippen molar-refractivity contribution in [3.63, 3.8) is 0 Å². The van der Waals surface area contributed by atoms with Crippen molar-refractivity contribution in [2.45, 2.75) is 47.6 Å². The maximum atomic E-state index is 12.4. The number of furan rings is 1. The summed E-state index contributed by atoms with van der Waals surface area (Å²) in [6, 6.07) is 17.9. The Bertz CT molecular complexity index is 1360. The van der Waals surface area contributed by atoms with E-state index in [0.717, 1.165) is 40.0 Å². The molecule has 0 spiro atoms. The zero-order chi connectivity index (χ0) is 24.8. The first kappa shape index (κ1) is 25.0. The predicted molar refractivity (Wildman–Crippen MR) is 144 cm³/mol. The highest BCUT2D eigenvalue weighted by Crippen LogP contribution is 2.38. The van der Waals surface area contributed by atoms with Crippen molar-refractivity contribution in [3.05, 3.63) is 94.8 Å². The van der Waals surface area contributed by atoms with Gasteiger partial charge < -0.3 is 8.98 Å². The number of pyridine rings is 1. The molecule has 0 N–H and O–H groups in total. The molecule has 0 aliphatic carbocycles. The van der Waals surface area contributed by atoms with Crippen molar-refractivity contribution >= 4 is 16.8 Å². The Morgan fingerprint density at radius 1 is 1.06 bits per heavy atom. The topological polar surface area (TPSA) is 52.2 Å². The van der Waals surface area contributed by atoms with Crippen LogP contribution in [-0.2, 0) is 13.0 Å². The average molecular weight is 458 g/mol. The van der Waals surface area contributed by atoms with Crippen molar-refractivity contribution in [2.75, 3.05) is 0 Å². The number of benzene rings is 2. The number of fused-ring (bicyclic) bond motifs is 5. The summed E-state index contributed by atoms with van der Waals surface area (Å²) in [5, 5.41) is 1.07. The molecule has 0 unspecified atom stereocenters. The molecule has 0 atom stereocenters. The Morgan fingerprint density at radius 3 is 2.38 bits per heavy atom. The van der Waals surface area contributed by atoms with E-state index in [-0.39, 0.29) is 18.2 Å². The van der Waals surface area contributed by atoms with E-state index in [4.69, 9.17) is 4.42 Å². The second kappa shape index (κ2) is 11.0. The number of aromatic nitrogens is 1. The normalized spacial score (nSPS) is 11.5. The molecule has 1 aliphatic heterocycles. The molecule has 3 heterocycles. The van der Waals surface area contributed by atoms with Gasteiger partial charge in [0.2, 0.25) is 0 Å². The summed E-state index contributed by atoms with van der Waals surface area (Å²) in [5.74, 6) is 1.18. The smallest absolute Gasteiger partial charge is 0.193 e. The van der Waals surface area contributed by atoms with Gasteiger partial charge >= 0.3 is 0 Å². The van der Waals surface area contributed by atoms with E-state index in [2.05, 4.69) is 51.6 Å². The molecule has 0 saturated carbocycles. The molecule has 2 aromatic heterocycles. The minimum Gasteiger partial charge on any atom is -0.454 e. The Morgan fingerprint density at radius 2 is 1.74 bits per heavy atom. The van der Waals surface area contributed by atoms with Crippen LogP contribution in [0.5, 0.6) is 0 Å². The third-order valence-corrected chi connectivity index (χ3v) is 5.31. The van der Waals surface area contributed by atoms with Crippen molar-refractivity contribution < 1.29 is 10.6 Å².